The maximum Gasteiger partial charge on any atom is 0.410 e. The number of carbonyl (C=O) groups is 1. The molecular weight excluding hydrogens is 426 g/mol. The number of hydrogen-bond acceptors (Lipinski definition) is 5. The Bertz CT molecular complexity index is 1260. The van der Waals surface area contributed by atoms with Crippen molar-refractivity contribution in [3.8, 4) is 17.3 Å². The molecule has 1 amide bonds. The van der Waals surface area contributed by atoms with Crippen LogP contribution in [-0.2, 0) is 4.74 Å². The molecule has 0 saturated carbocycles. The van der Waals surface area contributed by atoms with Crippen LogP contribution in [0.4, 0.5) is 4.79 Å². The summed E-state index contributed by atoms with van der Waals surface area (Å²) in [6.07, 6.45) is 1.20. The van der Waals surface area contributed by atoms with E-state index in [1.807, 2.05) is 76.2 Å². The molecule has 176 valence electrons. The third kappa shape index (κ3) is 4.90. The van der Waals surface area contributed by atoms with Gasteiger partial charge in [0.05, 0.1) is 28.9 Å². The Morgan fingerprint density at radius 1 is 1.21 bits per heavy atom. The normalized spacial score (nSPS) is 17.3. The number of fused-ring (bicyclic) bond motifs is 1. The van der Waals surface area contributed by atoms with Crippen molar-refractivity contribution < 1.29 is 14.6 Å². The lowest BCUT2D eigenvalue weighted by atomic mass is 9.90. The Hall–Kier alpha value is -3.43. The van der Waals surface area contributed by atoms with Gasteiger partial charge in [0.15, 0.2) is 0 Å². The van der Waals surface area contributed by atoms with Gasteiger partial charge in [-0.25, -0.2) is 9.78 Å². The number of nitrogens with zero attached hydrogens (tertiary/aromatic N) is 3. The molecule has 2 aromatic carbocycles. The van der Waals surface area contributed by atoms with Gasteiger partial charge in [-0.2, -0.15) is 5.26 Å². The van der Waals surface area contributed by atoms with Gasteiger partial charge in [0, 0.05) is 17.5 Å². The van der Waals surface area contributed by atoms with Gasteiger partial charge in [0.25, 0.3) is 0 Å². The molecule has 0 radical (unpaired) electrons. The summed E-state index contributed by atoms with van der Waals surface area (Å²) < 4.78 is 5.64. The zero-order valence-electron chi connectivity index (χ0n) is 20.2. The van der Waals surface area contributed by atoms with Crippen LogP contribution in [0.3, 0.4) is 0 Å². The SMILES string of the molecule is Cc1ccc(-c2cc([C@H](O)[C@H]3CCCCN3C(=O)OC(C)(C)C)c3ccccc3n2)cc1C#N. The number of aliphatic hydroxyl groups excluding tert-OH is 1. The topological polar surface area (TPSA) is 86.4 Å². The molecule has 1 saturated heterocycles. The monoisotopic (exact) mass is 457 g/mol. The standard InChI is InChI=1S/C28H31N3O3/c1-18-12-13-19(15-20(18)17-29)24-16-22(21-9-5-6-10-23(21)30-24)26(32)25-11-7-8-14-31(25)27(33)34-28(2,3)4/h5-6,9-10,12-13,15-16,25-26,32H,7-8,11,14H2,1-4H3/t25-,26+/m1/s1. The maximum absolute atomic E-state index is 13.0. The first-order valence-corrected chi connectivity index (χ1v) is 11.8. The Morgan fingerprint density at radius 3 is 2.71 bits per heavy atom. The molecule has 4 rings (SSSR count). The number of para-hydroxylation sites is 1. The molecule has 0 spiro atoms. The van der Waals surface area contributed by atoms with Gasteiger partial charge in [-0.15, -0.1) is 0 Å². The Kier molecular flexibility index (Phi) is 6.58. The molecule has 0 aliphatic carbocycles. The predicted octanol–water partition coefficient (Wildman–Crippen LogP) is 5.90. The largest absolute Gasteiger partial charge is 0.444 e. The number of aromatic nitrogens is 1. The quantitative estimate of drug-likeness (QED) is 0.529. The zero-order chi connectivity index (χ0) is 24.5. The summed E-state index contributed by atoms with van der Waals surface area (Å²) in [5.41, 5.74) is 3.87. The molecule has 3 aromatic rings. The van der Waals surface area contributed by atoms with Crippen LogP contribution in [0.15, 0.2) is 48.5 Å². The van der Waals surface area contributed by atoms with Gasteiger partial charge in [-0.05, 0) is 76.3 Å². The lowest BCUT2D eigenvalue weighted by Gasteiger charge is -2.39. The Balaban J connectivity index is 1.78. The van der Waals surface area contributed by atoms with E-state index in [0.717, 1.165) is 40.4 Å². The highest BCUT2D eigenvalue weighted by Crippen LogP contribution is 2.35. The van der Waals surface area contributed by atoms with E-state index in [4.69, 9.17) is 9.72 Å². The second-order valence-electron chi connectivity index (χ2n) is 9.94. The summed E-state index contributed by atoms with van der Waals surface area (Å²) >= 11 is 0. The summed E-state index contributed by atoms with van der Waals surface area (Å²) in [6.45, 7) is 8.00. The summed E-state index contributed by atoms with van der Waals surface area (Å²) in [4.78, 5) is 19.5. The first-order chi connectivity index (χ1) is 16.2. The lowest BCUT2D eigenvalue weighted by molar-refractivity contribution is -0.0166. The third-order valence-corrected chi connectivity index (χ3v) is 6.26. The van der Waals surface area contributed by atoms with Gasteiger partial charge >= 0.3 is 6.09 Å². The molecule has 1 N–H and O–H groups in total. The molecule has 2 atom stereocenters. The summed E-state index contributed by atoms with van der Waals surface area (Å²) in [6, 6.07) is 17.1. The highest BCUT2D eigenvalue weighted by atomic mass is 16.6. The number of nitriles is 1. The molecule has 0 unspecified atom stereocenters. The van der Waals surface area contributed by atoms with E-state index >= 15 is 0 Å². The van der Waals surface area contributed by atoms with Crippen LogP contribution in [0.2, 0.25) is 0 Å². The van der Waals surface area contributed by atoms with Crippen molar-refractivity contribution in [2.75, 3.05) is 6.54 Å². The van der Waals surface area contributed by atoms with E-state index < -0.39 is 23.8 Å². The van der Waals surface area contributed by atoms with E-state index in [0.29, 0.717) is 24.2 Å². The zero-order valence-corrected chi connectivity index (χ0v) is 20.2. The van der Waals surface area contributed by atoms with Crippen LogP contribution < -0.4 is 0 Å². The minimum atomic E-state index is -0.902. The van der Waals surface area contributed by atoms with Crippen molar-refractivity contribution >= 4 is 17.0 Å². The van der Waals surface area contributed by atoms with E-state index in [9.17, 15) is 15.2 Å². The fourth-order valence-corrected chi connectivity index (χ4v) is 4.54. The number of benzene rings is 2. The van der Waals surface area contributed by atoms with Crippen molar-refractivity contribution in [1.82, 2.24) is 9.88 Å². The number of ether oxygens (including phenoxy) is 1. The third-order valence-electron chi connectivity index (χ3n) is 6.26. The van der Waals surface area contributed by atoms with Crippen molar-refractivity contribution in [2.45, 2.75) is 64.7 Å². The molecule has 34 heavy (non-hydrogen) atoms. The molecular formula is C28H31N3O3. The smallest absolute Gasteiger partial charge is 0.410 e. The summed E-state index contributed by atoms with van der Waals surface area (Å²) in [5, 5.41) is 22.0. The van der Waals surface area contributed by atoms with Gasteiger partial charge in [0.2, 0.25) is 0 Å². The molecule has 2 heterocycles. The molecule has 1 fully saturated rings. The summed E-state index contributed by atoms with van der Waals surface area (Å²) in [7, 11) is 0. The molecule has 1 aliphatic rings. The van der Waals surface area contributed by atoms with Gasteiger partial charge in [0.1, 0.15) is 11.7 Å². The highest BCUT2D eigenvalue weighted by Gasteiger charge is 2.36. The fourth-order valence-electron chi connectivity index (χ4n) is 4.54. The van der Waals surface area contributed by atoms with Crippen molar-refractivity contribution in [2.24, 2.45) is 0 Å². The highest BCUT2D eigenvalue weighted by molar-refractivity contribution is 5.86. The van der Waals surface area contributed by atoms with E-state index in [-0.39, 0.29) is 0 Å². The predicted molar refractivity (Wildman–Crippen MR) is 132 cm³/mol. The number of pyridine rings is 1. The van der Waals surface area contributed by atoms with Crippen molar-refractivity contribution in [1.29, 1.82) is 5.26 Å². The molecule has 6 heteroatoms. The lowest BCUT2D eigenvalue weighted by Crippen LogP contribution is -2.48. The minimum absolute atomic E-state index is 0.394. The second kappa shape index (κ2) is 9.44. The molecule has 6 nitrogen and oxygen atoms in total. The number of piperidine rings is 1. The first-order valence-electron chi connectivity index (χ1n) is 11.8. The molecule has 1 aromatic heterocycles. The van der Waals surface area contributed by atoms with Gasteiger partial charge < -0.3 is 14.7 Å². The van der Waals surface area contributed by atoms with E-state index in [1.165, 1.54) is 0 Å². The van der Waals surface area contributed by atoms with Crippen LogP contribution in [0.1, 0.15) is 62.8 Å². The number of aryl methyl sites for hydroxylation is 1. The van der Waals surface area contributed by atoms with Gasteiger partial charge in [-0.1, -0.05) is 30.3 Å². The molecule has 1 aliphatic heterocycles. The second-order valence-corrected chi connectivity index (χ2v) is 9.94. The average molecular weight is 458 g/mol. The van der Waals surface area contributed by atoms with Crippen LogP contribution >= 0.6 is 0 Å². The van der Waals surface area contributed by atoms with Crippen LogP contribution in [0.5, 0.6) is 0 Å². The Labute approximate surface area is 200 Å². The number of rotatable bonds is 3. The van der Waals surface area contributed by atoms with Crippen molar-refractivity contribution in [3.63, 3.8) is 0 Å². The number of aliphatic hydroxyl groups is 1. The van der Waals surface area contributed by atoms with E-state index in [1.54, 1.807) is 4.90 Å². The minimum Gasteiger partial charge on any atom is -0.444 e. The molecule has 0 bridgehead atoms. The average Bonchev–Trinajstić information content (AvgIpc) is 2.82. The number of hydrogen-bond donors (Lipinski definition) is 1. The fraction of sp³-hybridized carbons (Fsp3) is 0.393. The number of carbonyl (C=O) groups excluding carboxylic acids is 1. The number of amides is 1. The Morgan fingerprint density at radius 2 is 1.97 bits per heavy atom. The van der Waals surface area contributed by atoms with E-state index in [2.05, 4.69) is 6.07 Å². The first kappa shape index (κ1) is 23.7. The maximum atomic E-state index is 13.0. The van der Waals surface area contributed by atoms with Crippen molar-refractivity contribution in [3.05, 3.63) is 65.2 Å². The summed E-state index contributed by atoms with van der Waals surface area (Å²) in [5.74, 6) is 0. The van der Waals surface area contributed by atoms with Crippen LogP contribution in [0.25, 0.3) is 22.2 Å². The van der Waals surface area contributed by atoms with Crippen LogP contribution in [-0.4, -0.2) is 39.3 Å². The van der Waals surface area contributed by atoms with Crippen LogP contribution in [0, 0.1) is 18.3 Å². The number of likely N-dealkylation sites (tertiary alicyclic amines) is 1. The van der Waals surface area contributed by atoms with Gasteiger partial charge in [-0.3, -0.25) is 0 Å².